The van der Waals surface area contributed by atoms with Crippen LogP contribution in [0.4, 0.5) is 17.6 Å². The molecule has 0 spiro atoms. The van der Waals surface area contributed by atoms with Crippen LogP contribution in [-0.2, 0) is 6.18 Å². The van der Waals surface area contributed by atoms with Crippen LogP contribution >= 0.6 is 0 Å². The van der Waals surface area contributed by atoms with E-state index in [-0.39, 0.29) is 11.9 Å². The number of nitrogens with one attached hydrogen (secondary N) is 1. The van der Waals surface area contributed by atoms with Gasteiger partial charge in [0.25, 0.3) is 0 Å². The quantitative estimate of drug-likeness (QED) is 0.832. The zero-order valence-corrected chi connectivity index (χ0v) is 13.7. The fourth-order valence-electron chi connectivity index (χ4n) is 3.27. The second kappa shape index (κ2) is 7.54. The Bertz CT molecular complexity index is 689. The summed E-state index contributed by atoms with van der Waals surface area (Å²) < 4.78 is 52.2. The van der Waals surface area contributed by atoms with Gasteiger partial charge in [-0.15, -0.1) is 0 Å². The molecule has 2 aromatic carbocycles. The maximum Gasteiger partial charge on any atom is 0.416 e. The second-order valence-corrected chi connectivity index (χ2v) is 6.22. The first-order valence-corrected chi connectivity index (χ1v) is 8.32. The standard InChI is InChI=1S/C19H20F4N2/c20-17-4-1-3-15(13-17)18(25-11-2-9-24-10-12-25)14-5-7-16(8-6-14)19(21,22)23/h1,3-8,13,18,24H,2,9-12H2. The molecule has 6 heteroatoms. The SMILES string of the molecule is Fc1cccc(C(c2ccc(C(F)(F)F)cc2)N2CCCNCC2)c1. The van der Waals surface area contributed by atoms with Gasteiger partial charge in [-0.2, -0.15) is 13.2 Å². The Hall–Kier alpha value is -1.92. The summed E-state index contributed by atoms with van der Waals surface area (Å²) in [6.07, 6.45) is -3.42. The Morgan fingerprint density at radius 1 is 0.920 bits per heavy atom. The minimum atomic E-state index is -4.36. The predicted octanol–water partition coefficient (Wildman–Crippen LogP) is 4.23. The van der Waals surface area contributed by atoms with E-state index in [2.05, 4.69) is 10.2 Å². The van der Waals surface area contributed by atoms with Crippen LogP contribution in [0.1, 0.15) is 29.2 Å². The first-order chi connectivity index (χ1) is 11.9. The van der Waals surface area contributed by atoms with Crippen molar-refractivity contribution in [1.29, 1.82) is 0 Å². The molecule has 1 aliphatic rings. The normalized spacial score (nSPS) is 17.9. The van der Waals surface area contributed by atoms with Gasteiger partial charge in [0.2, 0.25) is 0 Å². The fourth-order valence-corrected chi connectivity index (χ4v) is 3.27. The number of alkyl halides is 3. The zero-order valence-electron chi connectivity index (χ0n) is 13.7. The number of benzene rings is 2. The molecule has 1 fully saturated rings. The van der Waals surface area contributed by atoms with Gasteiger partial charge in [-0.3, -0.25) is 4.90 Å². The summed E-state index contributed by atoms with van der Waals surface area (Å²) in [5.41, 5.74) is 0.814. The molecule has 1 unspecified atom stereocenters. The van der Waals surface area contributed by atoms with Crippen molar-refractivity contribution in [2.45, 2.75) is 18.6 Å². The van der Waals surface area contributed by atoms with Crippen molar-refractivity contribution in [1.82, 2.24) is 10.2 Å². The molecule has 1 saturated heterocycles. The topological polar surface area (TPSA) is 15.3 Å². The lowest BCUT2D eigenvalue weighted by Crippen LogP contribution is -2.33. The van der Waals surface area contributed by atoms with E-state index in [4.69, 9.17) is 0 Å². The fraction of sp³-hybridized carbons (Fsp3) is 0.368. The number of halogens is 4. The lowest BCUT2D eigenvalue weighted by molar-refractivity contribution is -0.137. The summed E-state index contributed by atoms with van der Waals surface area (Å²) in [7, 11) is 0. The number of hydrogen-bond donors (Lipinski definition) is 1. The third-order valence-electron chi connectivity index (χ3n) is 4.46. The van der Waals surface area contributed by atoms with Crippen molar-refractivity contribution in [3.05, 3.63) is 71.0 Å². The molecule has 0 radical (unpaired) electrons. The Kier molecular flexibility index (Phi) is 5.39. The highest BCUT2D eigenvalue weighted by atomic mass is 19.4. The molecule has 1 heterocycles. The van der Waals surface area contributed by atoms with Gasteiger partial charge in [-0.05, 0) is 48.4 Å². The first-order valence-electron chi connectivity index (χ1n) is 8.32. The molecular weight excluding hydrogens is 332 g/mol. The molecule has 0 aromatic heterocycles. The van der Waals surface area contributed by atoms with Gasteiger partial charge in [0.15, 0.2) is 0 Å². The average Bonchev–Trinajstić information content (AvgIpc) is 2.84. The maximum absolute atomic E-state index is 13.7. The van der Waals surface area contributed by atoms with Gasteiger partial charge >= 0.3 is 6.18 Å². The first kappa shape index (κ1) is 17.9. The van der Waals surface area contributed by atoms with Crippen molar-refractivity contribution < 1.29 is 17.6 Å². The van der Waals surface area contributed by atoms with Crippen molar-refractivity contribution in [2.75, 3.05) is 26.2 Å². The molecular formula is C19H20F4N2. The van der Waals surface area contributed by atoms with Gasteiger partial charge in [-0.1, -0.05) is 24.3 Å². The van der Waals surface area contributed by atoms with Crippen LogP contribution in [0.5, 0.6) is 0 Å². The van der Waals surface area contributed by atoms with E-state index in [1.807, 2.05) is 6.07 Å². The third kappa shape index (κ3) is 4.38. The molecule has 0 amide bonds. The number of hydrogen-bond acceptors (Lipinski definition) is 2. The highest BCUT2D eigenvalue weighted by Crippen LogP contribution is 2.33. The van der Waals surface area contributed by atoms with Gasteiger partial charge < -0.3 is 5.32 Å². The lowest BCUT2D eigenvalue weighted by atomic mass is 9.95. The van der Waals surface area contributed by atoms with Crippen molar-refractivity contribution in [2.24, 2.45) is 0 Å². The molecule has 0 bridgehead atoms. The molecule has 2 aromatic rings. The van der Waals surface area contributed by atoms with Crippen molar-refractivity contribution in [3.8, 4) is 0 Å². The van der Waals surface area contributed by atoms with Gasteiger partial charge in [-0.25, -0.2) is 4.39 Å². The number of nitrogens with zero attached hydrogens (tertiary/aromatic N) is 1. The van der Waals surface area contributed by atoms with Crippen LogP contribution in [0.2, 0.25) is 0 Å². The summed E-state index contributed by atoms with van der Waals surface area (Å²) in [5.74, 6) is -0.345. The summed E-state index contributed by atoms with van der Waals surface area (Å²) in [6, 6.07) is 11.2. The van der Waals surface area contributed by atoms with Gasteiger partial charge in [0.1, 0.15) is 5.82 Å². The summed E-state index contributed by atoms with van der Waals surface area (Å²) in [5, 5.41) is 3.31. The van der Waals surface area contributed by atoms with E-state index in [1.54, 1.807) is 6.07 Å². The van der Waals surface area contributed by atoms with E-state index >= 15 is 0 Å². The zero-order chi connectivity index (χ0) is 17.9. The Morgan fingerprint density at radius 3 is 2.36 bits per heavy atom. The van der Waals surface area contributed by atoms with Crippen LogP contribution in [-0.4, -0.2) is 31.1 Å². The van der Waals surface area contributed by atoms with Crippen LogP contribution in [0.3, 0.4) is 0 Å². The molecule has 1 aliphatic heterocycles. The highest BCUT2D eigenvalue weighted by molar-refractivity contribution is 5.34. The monoisotopic (exact) mass is 352 g/mol. The van der Waals surface area contributed by atoms with Crippen LogP contribution < -0.4 is 5.32 Å². The Balaban J connectivity index is 1.98. The average molecular weight is 352 g/mol. The van der Waals surface area contributed by atoms with E-state index in [0.717, 1.165) is 55.9 Å². The van der Waals surface area contributed by atoms with Crippen LogP contribution in [0, 0.1) is 5.82 Å². The van der Waals surface area contributed by atoms with E-state index < -0.39 is 11.7 Å². The van der Waals surface area contributed by atoms with Crippen molar-refractivity contribution in [3.63, 3.8) is 0 Å². The molecule has 0 saturated carbocycles. The predicted molar refractivity (Wildman–Crippen MR) is 88.7 cm³/mol. The minimum Gasteiger partial charge on any atom is -0.315 e. The largest absolute Gasteiger partial charge is 0.416 e. The van der Waals surface area contributed by atoms with Gasteiger partial charge in [0.05, 0.1) is 11.6 Å². The van der Waals surface area contributed by atoms with Gasteiger partial charge in [0, 0.05) is 19.6 Å². The number of rotatable bonds is 3. The summed E-state index contributed by atoms with van der Waals surface area (Å²) in [6.45, 7) is 3.25. The van der Waals surface area contributed by atoms with Crippen LogP contribution in [0.25, 0.3) is 0 Å². The van der Waals surface area contributed by atoms with Crippen molar-refractivity contribution >= 4 is 0 Å². The Labute approximate surface area is 144 Å². The molecule has 1 atom stereocenters. The van der Waals surface area contributed by atoms with E-state index in [1.165, 1.54) is 24.3 Å². The lowest BCUT2D eigenvalue weighted by Gasteiger charge is -2.31. The third-order valence-corrected chi connectivity index (χ3v) is 4.46. The van der Waals surface area contributed by atoms with E-state index in [0.29, 0.717) is 0 Å². The molecule has 3 rings (SSSR count). The van der Waals surface area contributed by atoms with E-state index in [9.17, 15) is 17.6 Å². The Morgan fingerprint density at radius 2 is 1.68 bits per heavy atom. The summed E-state index contributed by atoms with van der Waals surface area (Å²) >= 11 is 0. The highest BCUT2D eigenvalue weighted by Gasteiger charge is 2.31. The minimum absolute atomic E-state index is 0.266. The van der Waals surface area contributed by atoms with Crippen LogP contribution in [0.15, 0.2) is 48.5 Å². The molecule has 2 nitrogen and oxygen atoms in total. The second-order valence-electron chi connectivity index (χ2n) is 6.22. The molecule has 0 aliphatic carbocycles. The molecule has 1 N–H and O–H groups in total. The molecule has 25 heavy (non-hydrogen) atoms. The molecule has 134 valence electrons. The maximum atomic E-state index is 13.7. The smallest absolute Gasteiger partial charge is 0.315 e. The summed E-state index contributed by atoms with van der Waals surface area (Å²) in [4.78, 5) is 2.19.